The zero-order valence-electron chi connectivity index (χ0n) is 8.99. The minimum atomic E-state index is -0.234. The van der Waals surface area contributed by atoms with Crippen LogP contribution in [0.15, 0.2) is 37.0 Å². The Hall–Kier alpha value is -1.15. The molecule has 1 unspecified atom stereocenters. The molecule has 0 heterocycles. The summed E-state index contributed by atoms with van der Waals surface area (Å²) in [6, 6.07) is 0. The first-order chi connectivity index (χ1) is 6.68. The number of nitrogens with one attached hydrogen (secondary N) is 1. The monoisotopic (exact) mass is 193 g/mol. The molecule has 0 rings (SSSR count). The van der Waals surface area contributed by atoms with Gasteiger partial charge in [-0.1, -0.05) is 30.4 Å². The summed E-state index contributed by atoms with van der Waals surface area (Å²) in [6.07, 6.45) is 11.0. The second-order valence-electron chi connectivity index (χ2n) is 3.24. The number of rotatable bonds is 7. The molecule has 0 saturated carbocycles. The van der Waals surface area contributed by atoms with Crippen LogP contribution in [0.5, 0.6) is 0 Å². The van der Waals surface area contributed by atoms with E-state index < -0.39 is 0 Å². The van der Waals surface area contributed by atoms with E-state index in [0.717, 1.165) is 12.8 Å². The van der Waals surface area contributed by atoms with E-state index in [0.29, 0.717) is 6.42 Å². The van der Waals surface area contributed by atoms with E-state index in [1.807, 2.05) is 44.2 Å². The molecule has 78 valence electrons. The molecule has 0 aliphatic carbocycles. The summed E-state index contributed by atoms with van der Waals surface area (Å²) in [6.45, 7) is 8.56. The number of allylic oxidation sites excluding steroid dienone is 2. The highest BCUT2D eigenvalue weighted by atomic mass is 16.1. The summed E-state index contributed by atoms with van der Waals surface area (Å²) in [5, 5.41) is 3.30. The smallest absolute Gasteiger partial charge is 0.123 e. The van der Waals surface area contributed by atoms with Gasteiger partial charge in [-0.2, -0.15) is 0 Å². The van der Waals surface area contributed by atoms with Crippen molar-refractivity contribution in [3.05, 3.63) is 37.0 Å². The maximum Gasteiger partial charge on any atom is 0.123 e. The summed E-state index contributed by atoms with van der Waals surface area (Å²) < 4.78 is 0. The molecule has 0 aromatic carbocycles. The molecular formula is C12H19NO. The normalized spacial score (nSPS) is 15.9. The van der Waals surface area contributed by atoms with Crippen LogP contribution < -0.4 is 5.32 Å². The quantitative estimate of drug-likeness (QED) is 0.496. The van der Waals surface area contributed by atoms with Gasteiger partial charge in [-0.25, -0.2) is 0 Å². The Morgan fingerprint density at radius 3 is 2.64 bits per heavy atom. The summed E-state index contributed by atoms with van der Waals surface area (Å²) >= 11 is 0. The SMILES string of the molecule is C=CC(C)(C=CCC=O)NCC=CC. The molecule has 0 amide bonds. The van der Waals surface area contributed by atoms with Gasteiger partial charge in [0.1, 0.15) is 6.29 Å². The Morgan fingerprint density at radius 2 is 2.14 bits per heavy atom. The van der Waals surface area contributed by atoms with Crippen LogP contribution in [0.3, 0.4) is 0 Å². The maximum atomic E-state index is 10.1. The molecule has 0 radical (unpaired) electrons. The van der Waals surface area contributed by atoms with Crippen LogP contribution in [0.1, 0.15) is 20.3 Å². The molecule has 1 atom stereocenters. The van der Waals surface area contributed by atoms with E-state index in [9.17, 15) is 4.79 Å². The van der Waals surface area contributed by atoms with E-state index >= 15 is 0 Å². The van der Waals surface area contributed by atoms with Crippen molar-refractivity contribution in [2.24, 2.45) is 0 Å². The van der Waals surface area contributed by atoms with E-state index in [-0.39, 0.29) is 5.54 Å². The first-order valence-corrected chi connectivity index (χ1v) is 4.79. The molecule has 0 aromatic heterocycles. The lowest BCUT2D eigenvalue weighted by Gasteiger charge is -2.22. The Balaban J connectivity index is 4.16. The number of carbonyl (C=O) groups is 1. The van der Waals surface area contributed by atoms with Gasteiger partial charge in [0, 0.05) is 13.0 Å². The minimum absolute atomic E-state index is 0.234. The van der Waals surface area contributed by atoms with Crippen LogP contribution in [-0.2, 0) is 4.79 Å². The Kier molecular flexibility index (Phi) is 6.68. The van der Waals surface area contributed by atoms with Gasteiger partial charge in [0.25, 0.3) is 0 Å². The van der Waals surface area contributed by atoms with Crippen LogP contribution in [0.4, 0.5) is 0 Å². The first kappa shape index (κ1) is 12.8. The zero-order chi connectivity index (χ0) is 10.9. The van der Waals surface area contributed by atoms with E-state index in [1.165, 1.54) is 0 Å². The van der Waals surface area contributed by atoms with Crippen molar-refractivity contribution in [3.8, 4) is 0 Å². The standard InChI is InChI=1S/C12H19NO/c1-4-6-10-13-12(3,5-2)9-7-8-11-14/h4-7,9,11,13H,2,8,10H2,1,3H3. The van der Waals surface area contributed by atoms with Crippen molar-refractivity contribution < 1.29 is 4.79 Å². The Morgan fingerprint density at radius 1 is 1.43 bits per heavy atom. The number of aldehydes is 1. The van der Waals surface area contributed by atoms with Gasteiger partial charge in [-0.05, 0) is 13.8 Å². The van der Waals surface area contributed by atoms with E-state index in [1.54, 1.807) is 0 Å². The van der Waals surface area contributed by atoms with E-state index in [2.05, 4.69) is 11.9 Å². The molecule has 0 saturated heterocycles. The lowest BCUT2D eigenvalue weighted by Crippen LogP contribution is -2.38. The molecular weight excluding hydrogens is 174 g/mol. The molecule has 2 heteroatoms. The van der Waals surface area contributed by atoms with Gasteiger partial charge in [-0.3, -0.25) is 0 Å². The summed E-state index contributed by atoms with van der Waals surface area (Å²) in [5.41, 5.74) is -0.234. The van der Waals surface area contributed by atoms with Gasteiger partial charge in [0.2, 0.25) is 0 Å². The van der Waals surface area contributed by atoms with Crippen LogP contribution >= 0.6 is 0 Å². The molecule has 2 nitrogen and oxygen atoms in total. The van der Waals surface area contributed by atoms with Crippen molar-refractivity contribution in [3.63, 3.8) is 0 Å². The van der Waals surface area contributed by atoms with Crippen molar-refractivity contribution in [1.29, 1.82) is 0 Å². The molecule has 0 aliphatic heterocycles. The van der Waals surface area contributed by atoms with Crippen molar-refractivity contribution in [2.75, 3.05) is 6.54 Å². The Bertz CT molecular complexity index is 230. The molecule has 0 fully saturated rings. The predicted octanol–water partition coefficient (Wildman–Crippen LogP) is 2.24. The lowest BCUT2D eigenvalue weighted by molar-refractivity contribution is -0.107. The van der Waals surface area contributed by atoms with Gasteiger partial charge in [-0.15, -0.1) is 6.58 Å². The van der Waals surface area contributed by atoms with Gasteiger partial charge >= 0.3 is 0 Å². The number of hydrogen-bond donors (Lipinski definition) is 1. The molecule has 0 spiro atoms. The van der Waals surface area contributed by atoms with Crippen LogP contribution in [-0.4, -0.2) is 18.4 Å². The summed E-state index contributed by atoms with van der Waals surface area (Å²) in [7, 11) is 0. The topological polar surface area (TPSA) is 29.1 Å². The number of hydrogen-bond acceptors (Lipinski definition) is 2. The second kappa shape index (κ2) is 7.27. The first-order valence-electron chi connectivity index (χ1n) is 4.79. The second-order valence-corrected chi connectivity index (χ2v) is 3.24. The van der Waals surface area contributed by atoms with Gasteiger partial charge in [0.05, 0.1) is 5.54 Å². The molecule has 1 N–H and O–H groups in total. The molecule has 14 heavy (non-hydrogen) atoms. The Labute approximate surface area is 86.4 Å². The third-order valence-corrected chi connectivity index (χ3v) is 1.96. The third-order valence-electron chi connectivity index (χ3n) is 1.96. The molecule has 0 aromatic rings. The highest BCUT2D eigenvalue weighted by Crippen LogP contribution is 2.07. The van der Waals surface area contributed by atoms with E-state index in [4.69, 9.17) is 0 Å². The minimum Gasteiger partial charge on any atom is -0.303 e. The van der Waals surface area contributed by atoms with Crippen molar-refractivity contribution >= 4 is 6.29 Å². The fraction of sp³-hybridized carbons (Fsp3) is 0.417. The highest BCUT2D eigenvalue weighted by Gasteiger charge is 2.13. The summed E-state index contributed by atoms with van der Waals surface area (Å²) in [4.78, 5) is 10.1. The largest absolute Gasteiger partial charge is 0.303 e. The zero-order valence-corrected chi connectivity index (χ0v) is 8.99. The fourth-order valence-corrected chi connectivity index (χ4v) is 0.964. The van der Waals surface area contributed by atoms with Crippen LogP contribution in [0.2, 0.25) is 0 Å². The lowest BCUT2D eigenvalue weighted by atomic mass is 10.0. The fourth-order valence-electron chi connectivity index (χ4n) is 0.964. The van der Waals surface area contributed by atoms with Gasteiger partial charge < -0.3 is 10.1 Å². The average Bonchev–Trinajstić information content (AvgIpc) is 2.19. The van der Waals surface area contributed by atoms with Crippen molar-refractivity contribution in [1.82, 2.24) is 5.32 Å². The predicted molar refractivity (Wildman–Crippen MR) is 61.2 cm³/mol. The number of carbonyl (C=O) groups excluding carboxylic acids is 1. The van der Waals surface area contributed by atoms with Crippen molar-refractivity contribution in [2.45, 2.75) is 25.8 Å². The van der Waals surface area contributed by atoms with Crippen LogP contribution in [0.25, 0.3) is 0 Å². The molecule has 0 aliphatic rings. The maximum absolute atomic E-state index is 10.1. The third kappa shape index (κ3) is 5.49. The molecule has 0 bridgehead atoms. The van der Waals surface area contributed by atoms with Gasteiger partial charge in [0.15, 0.2) is 0 Å². The highest BCUT2D eigenvalue weighted by molar-refractivity contribution is 5.52. The average molecular weight is 193 g/mol. The van der Waals surface area contributed by atoms with Crippen LogP contribution in [0, 0.1) is 0 Å². The summed E-state index contributed by atoms with van der Waals surface area (Å²) in [5.74, 6) is 0.